The summed E-state index contributed by atoms with van der Waals surface area (Å²) in [5.41, 5.74) is 0. The molecule has 13 heavy (non-hydrogen) atoms. The second kappa shape index (κ2) is 4.00. The van der Waals surface area contributed by atoms with Gasteiger partial charge in [0.25, 0.3) is 0 Å². The molecule has 1 rings (SSSR count). The van der Waals surface area contributed by atoms with Crippen LogP contribution in [0.5, 0.6) is 0 Å². The highest BCUT2D eigenvalue weighted by Crippen LogP contribution is 2.68. The van der Waals surface area contributed by atoms with Crippen LogP contribution in [0.15, 0.2) is 7.16 Å². The van der Waals surface area contributed by atoms with Gasteiger partial charge in [-0.15, -0.1) is 0 Å². The van der Waals surface area contributed by atoms with E-state index < -0.39 is 13.0 Å². The van der Waals surface area contributed by atoms with Crippen LogP contribution in [0, 0.1) is 0 Å². The van der Waals surface area contributed by atoms with Crippen molar-refractivity contribution < 1.29 is 0 Å². The Labute approximate surface area is 133 Å². The van der Waals surface area contributed by atoms with E-state index in [-0.39, 0.29) is 0 Å². The molecule has 0 bridgehead atoms. The smallest absolute Gasteiger partial charge is 0.0941 e. The van der Waals surface area contributed by atoms with Gasteiger partial charge in [0.05, 0.1) is 0 Å². The van der Waals surface area contributed by atoms with Gasteiger partial charge in [-0.25, -0.2) is 0 Å². The molecule has 0 saturated carbocycles. The molecule has 1 aliphatic rings. The summed E-state index contributed by atoms with van der Waals surface area (Å²) >= 11 is 39.5. The maximum Gasteiger partial charge on any atom is 0.192 e. The van der Waals surface area contributed by atoms with Crippen LogP contribution in [-0.2, 0) is 0 Å². The van der Waals surface area contributed by atoms with Gasteiger partial charge in [0.2, 0.25) is 0 Å². The second-order valence-electron chi connectivity index (χ2n) is 2.35. The SMILES string of the molecule is ClC1(Cl)C(I)=C(I)C(Cl)(Cl)C1(Cl)Cl. The van der Waals surface area contributed by atoms with Gasteiger partial charge in [-0.05, 0) is 45.2 Å². The van der Waals surface area contributed by atoms with Crippen molar-refractivity contribution in [1.29, 1.82) is 0 Å². The Morgan fingerprint density at radius 1 is 0.692 bits per heavy atom. The Balaban J connectivity index is 3.39. The molecule has 0 aromatic rings. The molecule has 0 heterocycles. The molecule has 0 radical (unpaired) electrons. The molecule has 0 nitrogen and oxygen atoms in total. The fourth-order valence-corrected chi connectivity index (χ4v) is 5.16. The topological polar surface area (TPSA) is 0 Å². The third-order valence-electron chi connectivity index (χ3n) is 1.53. The summed E-state index contributed by atoms with van der Waals surface area (Å²) in [6.45, 7) is 0. The molecule has 8 heteroatoms. The van der Waals surface area contributed by atoms with Crippen molar-refractivity contribution in [3.05, 3.63) is 7.16 Å². The zero-order chi connectivity index (χ0) is 10.7. The normalized spacial score (nSPS) is 29.5. The summed E-state index contributed by atoms with van der Waals surface area (Å²) in [5, 5.41) is 0. The lowest BCUT2D eigenvalue weighted by Crippen LogP contribution is -2.43. The zero-order valence-corrected chi connectivity index (χ0v) is 14.4. The predicted octanol–water partition coefficient (Wildman–Crippen LogP) is 5.60. The first-order valence-corrected chi connectivity index (χ1v) is 7.19. The fourth-order valence-electron chi connectivity index (χ4n) is 0.749. The Hall–Kier alpha value is 2.94. The van der Waals surface area contributed by atoms with E-state index in [4.69, 9.17) is 69.6 Å². The molecular weight excluding hydrogens is 527 g/mol. The zero-order valence-electron chi connectivity index (χ0n) is 5.52. The van der Waals surface area contributed by atoms with Crippen molar-refractivity contribution in [1.82, 2.24) is 0 Å². The van der Waals surface area contributed by atoms with E-state index in [1.165, 1.54) is 0 Å². The molecule has 76 valence electrons. The molecule has 0 saturated heterocycles. The number of alkyl halides is 6. The Morgan fingerprint density at radius 2 is 0.923 bits per heavy atom. The molecule has 0 spiro atoms. The number of hydrogen-bond acceptors (Lipinski definition) is 0. The van der Waals surface area contributed by atoms with Gasteiger partial charge in [0.15, 0.2) is 13.0 Å². The lowest BCUT2D eigenvalue weighted by Gasteiger charge is -2.32. The molecule has 0 aliphatic heterocycles. The largest absolute Gasteiger partial charge is 0.192 e. The Bertz CT molecular complexity index is 255. The quantitative estimate of drug-likeness (QED) is 0.285. The van der Waals surface area contributed by atoms with Crippen LogP contribution in [0.2, 0.25) is 0 Å². The molecule has 0 unspecified atom stereocenters. The monoisotopic (exact) mass is 524 g/mol. The van der Waals surface area contributed by atoms with Crippen molar-refractivity contribution in [2.75, 3.05) is 0 Å². The summed E-state index contributed by atoms with van der Waals surface area (Å²) in [6.07, 6.45) is 0. The summed E-state index contributed by atoms with van der Waals surface area (Å²) < 4.78 is -3.51. The molecular formula is C5Cl6I2. The van der Waals surface area contributed by atoms with Crippen molar-refractivity contribution in [2.24, 2.45) is 0 Å². The highest BCUT2D eigenvalue weighted by molar-refractivity contribution is 14.1. The van der Waals surface area contributed by atoms with Gasteiger partial charge in [-0.3, -0.25) is 0 Å². The van der Waals surface area contributed by atoms with Crippen LogP contribution in [0.1, 0.15) is 0 Å². The number of halogens is 8. The van der Waals surface area contributed by atoms with E-state index in [1.807, 2.05) is 45.2 Å². The van der Waals surface area contributed by atoms with Gasteiger partial charge in [0.1, 0.15) is 0 Å². The molecule has 0 fully saturated rings. The first kappa shape index (κ1) is 14.0. The van der Waals surface area contributed by atoms with Gasteiger partial charge in [-0.2, -0.15) is 0 Å². The third-order valence-corrected chi connectivity index (χ3v) is 10.3. The second-order valence-corrected chi connectivity index (χ2v) is 8.49. The molecule has 0 N–H and O–H groups in total. The van der Waals surface area contributed by atoms with E-state index in [0.29, 0.717) is 7.16 Å². The molecule has 1 aliphatic carbocycles. The highest BCUT2D eigenvalue weighted by Gasteiger charge is 2.69. The highest BCUT2D eigenvalue weighted by atomic mass is 127. The average molecular weight is 527 g/mol. The Morgan fingerprint density at radius 3 is 1.00 bits per heavy atom. The van der Waals surface area contributed by atoms with E-state index in [9.17, 15) is 0 Å². The first-order chi connectivity index (χ1) is 5.57. The summed E-state index contributed by atoms with van der Waals surface area (Å²) in [5.74, 6) is 0. The molecule has 0 aromatic heterocycles. The van der Waals surface area contributed by atoms with E-state index >= 15 is 0 Å². The minimum absolute atomic E-state index is 0.545. The van der Waals surface area contributed by atoms with Gasteiger partial charge >= 0.3 is 0 Å². The van der Waals surface area contributed by atoms with E-state index in [1.54, 1.807) is 0 Å². The van der Waals surface area contributed by atoms with E-state index in [0.717, 1.165) is 0 Å². The molecule has 0 atom stereocenters. The maximum atomic E-state index is 5.95. The minimum atomic E-state index is -1.65. The summed E-state index contributed by atoms with van der Waals surface area (Å²) in [7, 11) is 0. The average Bonchev–Trinajstić information content (AvgIpc) is 2.05. The van der Waals surface area contributed by atoms with Crippen LogP contribution < -0.4 is 0 Å². The molecule has 0 aromatic carbocycles. The van der Waals surface area contributed by atoms with Crippen molar-refractivity contribution in [3.8, 4) is 0 Å². The fraction of sp³-hybridized carbons (Fsp3) is 0.600. The standard InChI is InChI=1S/C5Cl6I2/c6-3(7)1(12)2(13)4(8,9)5(3,10)11. The van der Waals surface area contributed by atoms with Crippen LogP contribution in [0.4, 0.5) is 0 Å². The lowest BCUT2D eigenvalue weighted by atomic mass is 10.3. The summed E-state index contributed by atoms with van der Waals surface area (Å²) in [6, 6.07) is 0. The molecule has 0 amide bonds. The van der Waals surface area contributed by atoms with Gasteiger partial charge < -0.3 is 0 Å². The van der Waals surface area contributed by atoms with E-state index in [2.05, 4.69) is 0 Å². The third kappa shape index (κ3) is 1.83. The summed E-state index contributed by atoms with van der Waals surface area (Å²) in [4.78, 5) is 0. The van der Waals surface area contributed by atoms with Crippen LogP contribution in [-0.4, -0.2) is 13.0 Å². The van der Waals surface area contributed by atoms with Crippen LogP contribution >= 0.6 is 115 Å². The number of hydrogen-bond donors (Lipinski definition) is 0. The lowest BCUT2D eigenvalue weighted by molar-refractivity contribution is 0.769. The maximum absolute atomic E-state index is 5.95. The first-order valence-electron chi connectivity index (χ1n) is 2.76. The number of rotatable bonds is 0. The number of allylic oxidation sites excluding steroid dienone is 2. The predicted molar refractivity (Wildman–Crippen MR) is 78.4 cm³/mol. The van der Waals surface area contributed by atoms with Crippen molar-refractivity contribution in [3.63, 3.8) is 0 Å². The van der Waals surface area contributed by atoms with Gasteiger partial charge in [-0.1, -0.05) is 69.6 Å². The van der Waals surface area contributed by atoms with Gasteiger partial charge in [0, 0.05) is 7.16 Å². The van der Waals surface area contributed by atoms with Crippen LogP contribution in [0.25, 0.3) is 0 Å². The van der Waals surface area contributed by atoms with Crippen molar-refractivity contribution in [2.45, 2.75) is 13.0 Å². The van der Waals surface area contributed by atoms with Crippen molar-refractivity contribution >= 4 is 115 Å². The minimum Gasteiger partial charge on any atom is -0.0941 e. The van der Waals surface area contributed by atoms with Crippen LogP contribution in [0.3, 0.4) is 0 Å². The Kier molecular flexibility index (Phi) is 4.31.